The molecule has 3 aliphatic carbocycles. The van der Waals surface area contributed by atoms with Crippen LogP contribution in [0.2, 0.25) is 0 Å². The summed E-state index contributed by atoms with van der Waals surface area (Å²) in [5, 5.41) is 0. The molecule has 2 N–H and O–H groups in total. The zero-order chi connectivity index (χ0) is 7.84. The van der Waals surface area contributed by atoms with Crippen LogP contribution in [0.1, 0.15) is 39.0 Å². The van der Waals surface area contributed by atoms with E-state index in [2.05, 4.69) is 6.92 Å². The van der Waals surface area contributed by atoms with Crippen molar-refractivity contribution in [3.05, 3.63) is 0 Å². The van der Waals surface area contributed by atoms with Crippen molar-refractivity contribution in [3.63, 3.8) is 0 Å². The molecular weight excluding hydrogens is 134 g/mol. The largest absolute Gasteiger partial charge is 0.328 e. The molecule has 0 aromatic heterocycles. The highest BCUT2D eigenvalue weighted by Gasteiger charge is 2.36. The first-order chi connectivity index (χ1) is 5.27. The molecule has 0 heterocycles. The van der Waals surface area contributed by atoms with Crippen LogP contribution in [0, 0.1) is 17.8 Å². The molecule has 0 radical (unpaired) electrons. The van der Waals surface area contributed by atoms with Crippen LogP contribution in [0.5, 0.6) is 0 Å². The van der Waals surface area contributed by atoms with E-state index in [1.165, 1.54) is 32.1 Å². The predicted molar refractivity (Wildman–Crippen MR) is 47.2 cm³/mol. The van der Waals surface area contributed by atoms with Gasteiger partial charge >= 0.3 is 0 Å². The Labute approximate surface area is 69.4 Å². The van der Waals surface area contributed by atoms with Crippen molar-refractivity contribution < 1.29 is 0 Å². The van der Waals surface area contributed by atoms with Gasteiger partial charge in [0.15, 0.2) is 0 Å². The minimum atomic E-state index is 0.447. The first-order valence-corrected chi connectivity index (χ1v) is 5.03. The summed E-state index contributed by atoms with van der Waals surface area (Å²) >= 11 is 0. The zero-order valence-corrected chi connectivity index (χ0v) is 7.42. The number of hydrogen-bond acceptors (Lipinski definition) is 1. The Morgan fingerprint density at radius 2 is 1.82 bits per heavy atom. The predicted octanol–water partition coefficient (Wildman–Crippen LogP) is 2.16. The summed E-state index contributed by atoms with van der Waals surface area (Å²) in [7, 11) is 0. The Kier molecular flexibility index (Phi) is 1.92. The molecule has 3 aliphatic rings. The number of hydrogen-bond donors (Lipinski definition) is 1. The van der Waals surface area contributed by atoms with Gasteiger partial charge in [-0.15, -0.1) is 0 Å². The van der Waals surface area contributed by atoms with Crippen molar-refractivity contribution in [1.29, 1.82) is 0 Å². The van der Waals surface area contributed by atoms with Crippen molar-refractivity contribution in [2.45, 2.75) is 45.1 Å². The summed E-state index contributed by atoms with van der Waals surface area (Å²) < 4.78 is 0. The summed E-state index contributed by atoms with van der Waals surface area (Å²) in [6, 6.07) is 0.447. The lowest BCUT2D eigenvalue weighted by molar-refractivity contribution is 0.0849. The lowest BCUT2D eigenvalue weighted by atomic mass is 9.63. The van der Waals surface area contributed by atoms with Crippen LogP contribution >= 0.6 is 0 Å². The first-order valence-electron chi connectivity index (χ1n) is 5.03. The lowest BCUT2D eigenvalue weighted by Crippen LogP contribution is -2.40. The maximum absolute atomic E-state index is 5.95. The number of fused-ring (bicyclic) bond motifs is 3. The van der Waals surface area contributed by atoms with E-state index >= 15 is 0 Å². The first kappa shape index (κ1) is 7.60. The maximum atomic E-state index is 5.95. The highest BCUT2D eigenvalue weighted by molar-refractivity contribution is 4.89. The van der Waals surface area contributed by atoms with Gasteiger partial charge in [-0.3, -0.25) is 0 Å². The van der Waals surface area contributed by atoms with Gasteiger partial charge in [-0.2, -0.15) is 0 Å². The van der Waals surface area contributed by atoms with E-state index in [4.69, 9.17) is 5.73 Å². The Hall–Kier alpha value is -0.0400. The van der Waals surface area contributed by atoms with Gasteiger partial charge in [0.2, 0.25) is 0 Å². The molecule has 3 rings (SSSR count). The fraction of sp³-hybridized carbons (Fsp3) is 1.00. The van der Waals surface area contributed by atoms with Crippen molar-refractivity contribution in [2.24, 2.45) is 23.5 Å². The third-order valence-corrected chi connectivity index (χ3v) is 3.78. The summed E-state index contributed by atoms with van der Waals surface area (Å²) in [5.74, 6) is 2.89. The van der Waals surface area contributed by atoms with Gasteiger partial charge < -0.3 is 5.73 Å². The molecule has 64 valence electrons. The van der Waals surface area contributed by atoms with Gasteiger partial charge in [0, 0.05) is 6.04 Å². The maximum Gasteiger partial charge on any atom is 0.00415 e. The van der Waals surface area contributed by atoms with Crippen LogP contribution in [0.3, 0.4) is 0 Å². The van der Waals surface area contributed by atoms with Crippen LogP contribution in [-0.2, 0) is 0 Å². The van der Waals surface area contributed by atoms with Gasteiger partial charge in [-0.1, -0.05) is 12.8 Å². The Bertz CT molecular complexity index is 134. The number of nitrogens with two attached hydrogens (primary N) is 1. The van der Waals surface area contributed by atoms with E-state index in [0.717, 1.165) is 17.8 Å². The van der Waals surface area contributed by atoms with Gasteiger partial charge in [0.25, 0.3) is 0 Å². The fourth-order valence-corrected chi connectivity index (χ4v) is 3.07. The van der Waals surface area contributed by atoms with Crippen LogP contribution in [0.15, 0.2) is 0 Å². The molecule has 0 saturated heterocycles. The van der Waals surface area contributed by atoms with Crippen LogP contribution in [0.4, 0.5) is 0 Å². The molecular formula is C10H19N. The van der Waals surface area contributed by atoms with Crippen molar-refractivity contribution in [3.8, 4) is 0 Å². The summed E-state index contributed by atoms with van der Waals surface area (Å²) in [6.45, 7) is 2.19. The molecule has 3 fully saturated rings. The topological polar surface area (TPSA) is 26.0 Å². The van der Waals surface area contributed by atoms with Gasteiger partial charge in [-0.05, 0) is 43.9 Å². The third-order valence-electron chi connectivity index (χ3n) is 3.78. The molecule has 3 saturated carbocycles. The van der Waals surface area contributed by atoms with Crippen LogP contribution in [-0.4, -0.2) is 6.04 Å². The molecule has 0 aliphatic heterocycles. The minimum Gasteiger partial charge on any atom is -0.328 e. The number of rotatable bonds is 1. The summed E-state index contributed by atoms with van der Waals surface area (Å²) in [4.78, 5) is 0. The second kappa shape index (κ2) is 2.78. The molecule has 11 heavy (non-hydrogen) atoms. The molecule has 2 atom stereocenters. The van der Waals surface area contributed by atoms with E-state index in [0.29, 0.717) is 6.04 Å². The molecule has 0 amide bonds. The SMILES string of the molecule is C[C@@H](N)[C@@H]1CC2CCC1CC2. The molecule has 1 heteroatoms. The molecule has 1 nitrogen and oxygen atoms in total. The summed E-state index contributed by atoms with van der Waals surface area (Å²) in [5.41, 5.74) is 5.95. The second-order valence-electron chi connectivity index (χ2n) is 4.54. The van der Waals surface area contributed by atoms with E-state index < -0.39 is 0 Å². The Morgan fingerprint density at radius 1 is 1.18 bits per heavy atom. The van der Waals surface area contributed by atoms with Gasteiger partial charge in [-0.25, -0.2) is 0 Å². The van der Waals surface area contributed by atoms with Crippen molar-refractivity contribution >= 4 is 0 Å². The Morgan fingerprint density at radius 3 is 2.09 bits per heavy atom. The third kappa shape index (κ3) is 1.31. The fourth-order valence-electron chi connectivity index (χ4n) is 3.07. The van der Waals surface area contributed by atoms with E-state index in [9.17, 15) is 0 Å². The standard InChI is InChI=1S/C10H19N/c1-7(11)10-6-8-2-4-9(10)5-3-8/h7-10H,2-6,11H2,1H3/t7-,8?,9?,10+/m1/s1. The van der Waals surface area contributed by atoms with Gasteiger partial charge in [0.05, 0.1) is 0 Å². The highest BCUT2D eigenvalue weighted by Crippen LogP contribution is 2.45. The molecule has 0 aromatic rings. The average Bonchev–Trinajstić information content (AvgIpc) is 2.06. The average molecular weight is 153 g/mol. The van der Waals surface area contributed by atoms with Crippen molar-refractivity contribution in [2.75, 3.05) is 0 Å². The minimum absolute atomic E-state index is 0.447. The van der Waals surface area contributed by atoms with E-state index in [1.807, 2.05) is 0 Å². The Balaban J connectivity index is 2.03. The molecule has 0 aromatic carbocycles. The second-order valence-corrected chi connectivity index (χ2v) is 4.54. The van der Waals surface area contributed by atoms with E-state index in [1.54, 1.807) is 0 Å². The molecule has 0 unspecified atom stereocenters. The van der Waals surface area contributed by atoms with E-state index in [-0.39, 0.29) is 0 Å². The summed E-state index contributed by atoms with van der Waals surface area (Å²) in [6.07, 6.45) is 7.36. The van der Waals surface area contributed by atoms with Crippen LogP contribution in [0.25, 0.3) is 0 Å². The van der Waals surface area contributed by atoms with Crippen LogP contribution < -0.4 is 5.73 Å². The zero-order valence-electron chi connectivity index (χ0n) is 7.42. The highest BCUT2D eigenvalue weighted by atomic mass is 14.7. The monoisotopic (exact) mass is 153 g/mol. The van der Waals surface area contributed by atoms with Gasteiger partial charge in [0.1, 0.15) is 0 Å². The smallest absolute Gasteiger partial charge is 0.00415 e. The molecule has 0 spiro atoms. The molecule has 2 bridgehead atoms. The quantitative estimate of drug-likeness (QED) is 0.614. The van der Waals surface area contributed by atoms with Crippen molar-refractivity contribution in [1.82, 2.24) is 0 Å². The normalized spacial score (nSPS) is 45.8. The lowest BCUT2D eigenvalue weighted by Gasteiger charge is -2.44.